The Kier molecular flexibility index (Phi) is 7.36. The van der Waals surface area contributed by atoms with E-state index in [-0.39, 0.29) is 5.41 Å². The van der Waals surface area contributed by atoms with Gasteiger partial charge < -0.3 is 4.74 Å². The Morgan fingerprint density at radius 2 is 2.00 bits per heavy atom. The van der Waals surface area contributed by atoms with Gasteiger partial charge in [-0.3, -0.25) is 3.53 Å². The van der Waals surface area contributed by atoms with Crippen molar-refractivity contribution in [3.63, 3.8) is 0 Å². The summed E-state index contributed by atoms with van der Waals surface area (Å²) in [6.07, 6.45) is 2.58. The van der Waals surface area contributed by atoms with Crippen LogP contribution in [0.2, 0.25) is 0 Å². The number of hydrogen-bond donors (Lipinski definition) is 1. The van der Waals surface area contributed by atoms with Crippen LogP contribution in [0, 0.1) is 5.41 Å². The fourth-order valence-electron chi connectivity index (χ4n) is 1.34. The second kappa shape index (κ2) is 7.01. The van der Waals surface area contributed by atoms with Crippen LogP contribution in [0.15, 0.2) is 0 Å². The maximum atomic E-state index is 5.81. The Bertz CT molecular complexity index is 123. The van der Waals surface area contributed by atoms with Crippen molar-refractivity contribution in [1.29, 1.82) is 0 Å². The van der Waals surface area contributed by atoms with Crippen molar-refractivity contribution in [1.82, 2.24) is 3.53 Å². The lowest BCUT2D eigenvalue weighted by Gasteiger charge is -2.29. The fourth-order valence-corrected chi connectivity index (χ4v) is 1.73. The first-order valence-corrected chi connectivity index (χ1v) is 6.05. The molecule has 0 aromatic heterocycles. The molecule has 0 saturated carbocycles. The molecule has 0 saturated heterocycles. The van der Waals surface area contributed by atoms with Gasteiger partial charge in [-0.25, -0.2) is 0 Å². The van der Waals surface area contributed by atoms with Crippen molar-refractivity contribution in [2.75, 3.05) is 13.2 Å². The van der Waals surface area contributed by atoms with Crippen LogP contribution in [-0.4, -0.2) is 19.3 Å². The van der Waals surface area contributed by atoms with Gasteiger partial charge >= 0.3 is 0 Å². The predicted octanol–water partition coefficient (Wildman–Crippen LogP) is 3.16. The van der Waals surface area contributed by atoms with Gasteiger partial charge in [-0.1, -0.05) is 27.7 Å². The van der Waals surface area contributed by atoms with Crippen molar-refractivity contribution in [2.24, 2.45) is 5.41 Å². The van der Waals surface area contributed by atoms with E-state index in [1.165, 1.54) is 0 Å². The van der Waals surface area contributed by atoms with E-state index >= 15 is 0 Å². The number of nitrogens with one attached hydrogen (secondary N) is 1. The topological polar surface area (TPSA) is 21.3 Å². The number of ether oxygens (including phenoxy) is 1. The number of hydrogen-bond acceptors (Lipinski definition) is 2. The third-order valence-corrected chi connectivity index (χ3v) is 2.61. The standard InChI is InChI=1S/C10H22INO/c1-5-9(10(2,3)4)13-8-6-7-12-11/h9,12H,5-8H2,1-4H3. The molecule has 0 fully saturated rings. The molecular weight excluding hydrogens is 277 g/mol. The Morgan fingerprint density at radius 3 is 2.38 bits per heavy atom. The third-order valence-electron chi connectivity index (χ3n) is 2.07. The molecule has 0 radical (unpaired) electrons. The highest BCUT2D eigenvalue weighted by molar-refractivity contribution is 14.1. The molecule has 1 atom stereocenters. The smallest absolute Gasteiger partial charge is 0.0620 e. The van der Waals surface area contributed by atoms with Gasteiger partial charge in [0.05, 0.1) is 6.10 Å². The van der Waals surface area contributed by atoms with Gasteiger partial charge in [0.1, 0.15) is 0 Å². The lowest BCUT2D eigenvalue weighted by Crippen LogP contribution is -2.29. The number of rotatable bonds is 6. The highest BCUT2D eigenvalue weighted by atomic mass is 127. The molecule has 0 rings (SSSR count). The molecule has 0 heterocycles. The maximum absolute atomic E-state index is 5.81. The normalized spacial score (nSPS) is 14.5. The molecule has 2 nitrogen and oxygen atoms in total. The van der Waals surface area contributed by atoms with Gasteiger partial charge in [0.25, 0.3) is 0 Å². The molecule has 0 aliphatic carbocycles. The van der Waals surface area contributed by atoms with Gasteiger partial charge in [-0.2, -0.15) is 0 Å². The summed E-state index contributed by atoms with van der Waals surface area (Å²) in [4.78, 5) is 0. The molecule has 0 spiro atoms. The van der Waals surface area contributed by atoms with Gasteiger partial charge in [-0.15, -0.1) is 0 Å². The lowest BCUT2D eigenvalue weighted by atomic mass is 9.87. The highest BCUT2D eigenvalue weighted by Crippen LogP contribution is 2.24. The zero-order valence-electron chi connectivity index (χ0n) is 9.19. The fraction of sp³-hybridized carbons (Fsp3) is 1.00. The van der Waals surface area contributed by atoms with E-state index in [1.807, 2.05) is 0 Å². The molecule has 80 valence electrons. The van der Waals surface area contributed by atoms with Crippen LogP contribution >= 0.6 is 22.9 Å². The van der Waals surface area contributed by atoms with E-state index in [0.29, 0.717) is 6.10 Å². The molecule has 0 amide bonds. The van der Waals surface area contributed by atoms with Crippen LogP contribution in [0.25, 0.3) is 0 Å². The maximum Gasteiger partial charge on any atom is 0.0620 e. The molecule has 0 aliphatic rings. The minimum absolute atomic E-state index is 0.270. The first-order valence-electron chi connectivity index (χ1n) is 4.97. The molecule has 0 aliphatic heterocycles. The molecule has 0 aromatic carbocycles. The van der Waals surface area contributed by atoms with E-state index in [1.54, 1.807) is 0 Å². The lowest BCUT2D eigenvalue weighted by molar-refractivity contribution is -0.0200. The summed E-state index contributed by atoms with van der Waals surface area (Å²) in [5.74, 6) is 0. The van der Waals surface area contributed by atoms with E-state index in [2.05, 4.69) is 54.1 Å². The summed E-state index contributed by atoms with van der Waals surface area (Å²) >= 11 is 2.16. The molecule has 1 N–H and O–H groups in total. The zero-order chi connectivity index (χ0) is 10.3. The quantitative estimate of drug-likeness (QED) is 0.462. The summed E-state index contributed by atoms with van der Waals surface area (Å²) in [5.41, 5.74) is 0.270. The minimum atomic E-state index is 0.270. The summed E-state index contributed by atoms with van der Waals surface area (Å²) in [7, 11) is 0. The summed E-state index contributed by atoms with van der Waals surface area (Å²) < 4.78 is 8.90. The SMILES string of the molecule is CCC(OCCCNI)C(C)(C)C. The summed E-state index contributed by atoms with van der Waals surface area (Å²) in [5, 5.41) is 0. The second-order valence-corrected chi connectivity index (χ2v) is 5.13. The van der Waals surface area contributed by atoms with Crippen LogP contribution < -0.4 is 3.53 Å². The van der Waals surface area contributed by atoms with Crippen molar-refractivity contribution in [2.45, 2.75) is 46.6 Å². The van der Waals surface area contributed by atoms with E-state index in [9.17, 15) is 0 Å². The third kappa shape index (κ3) is 6.69. The van der Waals surface area contributed by atoms with Crippen LogP contribution in [0.5, 0.6) is 0 Å². The predicted molar refractivity (Wildman–Crippen MR) is 66.1 cm³/mol. The Hall–Kier alpha value is 0.650. The van der Waals surface area contributed by atoms with Crippen LogP contribution in [-0.2, 0) is 4.74 Å². The van der Waals surface area contributed by atoms with E-state index in [0.717, 1.165) is 26.0 Å². The van der Waals surface area contributed by atoms with Gasteiger partial charge in [-0.05, 0) is 18.3 Å². The minimum Gasteiger partial charge on any atom is -0.378 e. The molecular formula is C10H22INO. The van der Waals surface area contributed by atoms with Crippen LogP contribution in [0.3, 0.4) is 0 Å². The Labute approximate surface area is 96.3 Å². The molecule has 1 unspecified atom stereocenters. The largest absolute Gasteiger partial charge is 0.378 e. The van der Waals surface area contributed by atoms with Gasteiger partial charge in [0.2, 0.25) is 0 Å². The summed E-state index contributed by atoms with van der Waals surface area (Å²) in [6, 6.07) is 0. The molecule has 3 heteroatoms. The van der Waals surface area contributed by atoms with Crippen molar-refractivity contribution in [3.05, 3.63) is 0 Å². The molecule has 13 heavy (non-hydrogen) atoms. The van der Waals surface area contributed by atoms with Gasteiger partial charge in [0, 0.05) is 36.0 Å². The van der Waals surface area contributed by atoms with Crippen molar-refractivity contribution in [3.8, 4) is 0 Å². The van der Waals surface area contributed by atoms with Crippen molar-refractivity contribution >= 4 is 22.9 Å². The average Bonchev–Trinajstić information content (AvgIpc) is 2.02. The summed E-state index contributed by atoms with van der Waals surface area (Å²) in [6.45, 7) is 10.8. The number of halogens is 1. The monoisotopic (exact) mass is 299 g/mol. The average molecular weight is 299 g/mol. The molecule has 0 aromatic rings. The van der Waals surface area contributed by atoms with Crippen LogP contribution in [0.1, 0.15) is 40.5 Å². The highest BCUT2D eigenvalue weighted by Gasteiger charge is 2.22. The Morgan fingerprint density at radius 1 is 1.38 bits per heavy atom. The Balaban J connectivity index is 3.61. The first-order chi connectivity index (χ1) is 6.02. The first kappa shape index (κ1) is 13.7. The van der Waals surface area contributed by atoms with Crippen LogP contribution in [0.4, 0.5) is 0 Å². The second-order valence-electron chi connectivity index (χ2n) is 4.37. The van der Waals surface area contributed by atoms with Gasteiger partial charge in [0.15, 0.2) is 0 Å². The van der Waals surface area contributed by atoms with E-state index in [4.69, 9.17) is 4.74 Å². The van der Waals surface area contributed by atoms with Crippen molar-refractivity contribution < 1.29 is 4.74 Å². The zero-order valence-corrected chi connectivity index (χ0v) is 11.3. The molecule has 0 bridgehead atoms. The van der Waals surface area contributed by atoms with E-state index < -0.39 is 0 Å².